The fourth-order valence-corrected chi connectivity index (χ4v) is 3.65. The number of aromatic nitrogens is 2. The molecular weight excluding hydrogens is 352 g/mol. The fourth-order valence-electron chi connectivity index (χ4n) is 3.65. The first kappa shape index (κ1) is 18.3. The molecule has 0 saturated carbocycles. The lowest BCUT2D eigenvalue weighted by Gasteiger charge is -2.23. The number of fused-ring (bicyclic) bond motifs is 1. The molecule has 1 N–H and O–H groups in total. The minimum absolute atomic E-state index is 0.577. The van der Waals surface area contributed by atoms with Crippen molar-refractivity contribution in [3.05, 3.63) is 42.5 Å². The van der Waals surface area contributed by atoms with E-state index in [9.17, 15) is 0 Å². The zero-order valence-electron chi connectivity index (χ0n) is 16.4. The number of anilines is 3. The van der Waals surface area contributed by atoms with E-state index in [-0.39, 0.29) is 0 Å². The van der Waals surface area contributed by atoms with Gasteiger partial charge in [0.1, 0.15) is 17.3 Å². The smallest absolute Gasteiger partial charge is 0.229 e. The topological polar surface area (TPSA) is 59.5 Å². The van der Waals surface area contributed by atoms with Crippen molar-refractivity contribution in [3.8, 4) is 11.5 Å². The van der Waals surface area contributed by atoms with Crippen LogP contribution in [0.25, 0.3) is 10.9 Å². The number of hydrogen-bond acceptors (Lipinski definition) is 6. The van der Waals surface area contributed by atoms with Crippen LogP contribution < -0.4 is 19.7 Å². The Kier molecular flexibility index (Phi) is 5.46. The van der Waals surface area contributed by atoms with Crippen LogP contribution in [-0.2, 0) is 0 Å². The molecule has 146 valence electrons. The van der Waals surface area contributed by atoms with Gasteiger partial charge in [-0.05, 0) is 25.0 Å². The second-order valence-corrected chi connectivity index (χ2v) is 7.02. The van der Waals surface area contributed by atoms with Gasteiger partial charge in [0.05, 0.1) is 19.7 Å². The average molecular weight is 378 g/mol. The van der Waals surface area contributed by atoms with Crippen LogP contribution in [0, 0.1) is 0 Å². The molecule has 1 aliphatic heterocycles. The van der Waals surface area contributed by atoms with Crippen molar-refractivity contribution in [2.24, 2.45) is 0 Å². The maximum absolute atomic E-state index is 5.37. The minimum Gasteiger partial charge on any atom is -0.497 e. The minimum atomic E-state index is 0.577. The standard InChI is InChI=1S/C22H26N4O2/c1-27-17-13-16(14-18(15-17)28-2)23-22-24-20-10-6-5-9-19(20)21(25-22)26-11-7-3-4-8-12-26/h5-6,9-10,13-15H,3-4,7-8,11-12H2,1-2H3,(H,23,24,25). The molecule has 0 bridgehead atoms. The fraction of sp³-hybridized carbons (Fsp3) is 0.364. The molecule has 6 heteroatoms. The van der Waals surface area contributed by atoms with Crippen LogP contribution in [0.15, 0.2) is 42.5 Å². The summed E-state index contributed by atoms with van der Waals surface area (Å²) < 4.78 is 10.7. The average Bonchev–Trinajstić information content (AvgIpc) is 3.02. The molecule has 4 rings (SSSR count). The van der Waals surface area contributed by atoms with Gasteiger partial charge in [-0.15, -0.1) is 0 Å². The highest BCUT2D eigenvalue weighted by molar-refractivity contribution is 5.90. The molecule has 0 amide bonds. The quantitative estimate of drug-likeness (QED) is 0.690. The summed E-state index contributed by atoms with van der Waals surface area (Å²) in [6.07, 6.45) is 4.98. The van der Waals surface area contributed by atoms with Gasteiger partial charge < -0.3 is 19.7 Å². The Balaban J connectivity index is 1.73. The summed E-state index contributed by atoms with van der Waals surface area (Å²) in [6, 6.07) is 13.9. The highest BCUT2D eigenvalue weighted by Gasteiger charge is 2.16. The van der Waals surface area contributed by atoms with Crippen LogP contribution in [0.2, 0.25) is 0 Å². The Morgan fingerprint density at radius 1 is 0.857 bits per heavy atom. The molecule has 0 radical (unpaired) electrons. The van der Waals surface area contributed by atoms with Crippen LogP contribution in [-0.4, -0.2) is 37.3 Å². The van der Waals surface area contributed by atoms with Gasteiger partial charge in [0.2, 0.25) is 5.95 Å². The molecule has 1 saturated heterocycles. The first-order valence-electron chi connectivity index (χ1n) is 9.78. The molecule has 0 atom stereocenters. The maximum atomic E-state index is 5.37. The van der Waals surface area contributed by atoms with Crippen LogP contribution in [0.4, 0.5) is 17.5 Å². The number of hydrogen-bond donors (Lipinski definition) is 1. The largest absolute Gasteiger partial charge is 0.497 e. The van der Waals surface area contributed by atoms with Gasteiger partial charge >= 0.3 is 0 Å². The van der Waals surface area contributed by atoms with Crippen molar-refractivity contribution < 1.29 is 9.47 Å². The molecule has 2 heterocycles. The normalized spacial score (nSPS) is 14.6. The first-order valence-corrected chi connectivity index (χ1v) is 9.78. The number of rotatable bonds is 5. The van der Waals surface area contributed by atoms with E-state index in [4.69, 9.17) is 19.4 Å². The molecule has 0 aliphatic carbocycles. The third kappa shape index (κ3) is 3.96. The number of benzene rings is 2. The van der Waals surface area contributed by atoms with Crippen molar-refractivity contribution in [1.82, 2.24) is 9.97 Å². The van der Waals surface area contributed by atoms with Gasteiger partial charge in [-0.3, -0.25) is 0 Å². The number of nitrogens with zero attached hydrogens (tertiary/aromatic N) is 3. The zero-order valence-corrected chi connectivity index (χ0v) is 16.4. The van der Waals surface area contributed by atoms with Crippen molar-refractivity contribution in [2.75, 3.05) is 37.5 Å². The maximum Gasteiger partial charge on any atom is 0.229 e. The van der Waals surface area contributed by atoms with Crippen LogP contribution in [0.3, 0.4) is 0 Å². The molecule has 0 spiro atoms. The molecular formula is C22H26N4O2. The highest BCUT2D eigenvalue weighted by Crippen LogP contribution is 2.30. The Morgan fingerprint density at radius 2 is 1.54 bits per heavy atom. The Bertz CT molecular complexity index is 930. The van der Waals surface area contributed by atoms with Crippen molar-refractivity contribution in [3.63, 3.8) is 0 Å². The van der Waals surface area contributed by atoms with E-state index in [0.29, 0.717) is 5.95 Å². The summed E-state index contributed by atoms with van der Waals surface area (Å²) in [7, 11) is 3.28. The lowest BCUT2D eigenvalue weighted by atomic mass is 10.2. The van der Waals surface area contributed by atoms with E-state index in [1.54, 1.807) is 14.2 Å². The van der Waals surface area contributed by atoms with E-state index in [1.165, 1.54) is 25.7 Å². The second kappa shape index (κ2) is 8.33. The molecule has 3 aromatic rings. The second-order valence-electron chi connectivity index (χ2n) is 7.02. The summed E-state index contributed by atoms with van der Waals surface area (Å²) >= 11 is 0. The SMILES string of the molecule is COc1cc(Nc2nc(N3CCCCCC3)c3ccccc3n2)cc(OC)c1. The van der Waals surface area contributed by atoms with E-state index >= 15 is 0 Å². The van der Waals surface area contributed by atoms with Crippen LogP contribution >= 0.6 is 0 Å². The van der Waals surface area contributed by atoms with Crippen molar-refractivity contribution >= 4 is 28.4 Å². The van der Waals surface area contributed by atoms with Gasteiger partial charge in [0.25, 0.3) is 0 Å². The summed E-state index contributed by atoms with van der Waals surface area (Å²) in [5.41, 5.74) is 1.77. The third-order valence-electron chi connectivity index (χ3n) is 5.10. The molecule has 2 aromatic carbocycles. The molecule has 0 unspecified atom stereocenters. The summed E-state index contributed by atoms with van der Waals surface area (Å²) in [5.74, 6) is 3.02. The molecule has 1 aliphatic rings. The van der Waals surface area contributed by atoms with Crippen LogP contribution in [0.1, 0.15) is 25.7 Å². The molecule has 1 fully saturated rings. The van der Waals surface area contributed by atoms with Gasteiger partial charge in [-0.1, -0.05) is 25.0 Å². The molecule has 6 nitrogen and oxygen atoms in total. The Labute approximate surface area is 165 Å². The van der Waals surface area contributed by atoms with Gasteiger partial charge in [-0.2, -0.15) is 4.98 Å². The molecule has 28 heavy (non-hydrogen) atoms. The number of methoxy groups -OCH3 is 2. The summed E-state index contributed by atoms with van der Waals surface area (Å²) in [5, 5.41) is 4.43. The summed E-state index contributed by atoms with van der Waals surface area (Å²) in [4.78, 5) is 12.0. The van der Waals surface area contributed by atoms with E-state index < -0.39 is 0 Å². The van der Waals surface area contributed by atoms with Gasteiger partial charge in [-0.25, -0.2) is 4.98 Å². The van der Waals surface area contributed by atoms with Gasteiger partial charge in [0.15, 0.2) is 0 Å². The van der Waals surface area contributed by atoms with Crippen molar-refractivity contribution in [1.29, 1.82) is 0 Å². The predicted molar refractivity (Wildman–Crippen MR) is 113 cm³/mol. The Morgan fingerprint density at radius 3 is 2.21 bits per heavy atom. The third-order valence-corrected chi connectivity index (χ3v) is 5.10. The number of ether oxygens (including phenoxy) is 2. The zero-order chi connectivity index (χ0) is 19.3. The Hall–Kier alpha value is -3.02. The van der Waals surface area contributed by atoms with Crippen molar-refractivity contribution in [2.45, 2.75) is 25.7 Å². The van der Waals surface area contributed by atoms with E-state index in [2.05, 4.69) is 16.3 Å². The van der Waals surface area contributed by atoms with Gasteiger partial charge in [0, 0.05) is 42.4 Å². The summed E-state index contributed by atoms with van der Waals surface area (Å²) in [6.45, 7) is 2.07. The van der Waals surface area contributed by atoms with E-state index in [0.717, 1.165) is 47.0 Å². The highest BCUT2D eigenvalue weighted by atomic mass is 16.5. The monoisotopic (exact) mass is 378 g/mol. The first-order chi connectivity index (χ1) is 13.8. The number of para-hydroxylation sites is 1. The molecule has 1 aromatic heterocycles. The number of nitrogens with one attached hydrogen (secondary N) is 1. The lowest BCUT2D eigenvalue weighted by Crippen LogP contribution is -2.25. The lowest BCUT2D eigenvalue weighted by molar-refractivity contribution is 0.395. The predicted octanol–water partition coefficient (Wildman–Crippen LogP) is 4.77. The van der Waals surface area contributed by atoms with E-state index in [1.807, 2.05) is 36.4 Å². The van der Waals surface area contributed by atoms with Crippen LogP contribution in [0.5, 0.6) is 11.5 Å².